The molecule has 0 saturated carbocycles. The van der Waals surface area contributed by atoms with Gasteiger partial charge in [-0.2, -0.15) is 0 Å². The van der Waals surface area contributed by atoms with E-state index in [-0.39, 0.29) is 12.4 Å². The lowest BCUT2D eigenvalue weighted by Crippen LogP contribution is -2.38. The number of benzene rings is 1. The molecule has 0 spiro atoms. The fourth-order valence-electron chi connectivity index (χ4n) is 3.42. The molecule has 0 radical (unpaired) electrons. The maximum Gasteiger partial charge on any atom is 0.417 e. The predicted molar refractivity (Wildman–Crippen MR) is 102 cm³/mol. The molecule has 0 atom stereocenters. The Hall–Kier alpha value is -2.38. The molecule has 5 rings (SSSR count). The number of hydrogen-bond acceptors (Lipinski definition) is 6. The standard InChI is InChI=1S/C18H21N5O2.ClH/c24-18(25-16-4-2-1-3-5-16)21-14-12-19-17(20-13-14)23-11-10-22-8-6-15(23)7-9-22;/h1-5,12-13,15H,6-11H2,(H,21,24);1H. The second-order valence-corrected chi connectivity index (χ2v) is 6.37. The van der Waals surface area contributed by atoms with Crippen LogP contribution in [-0.2, 0) is 0 Å². The molecule has 1 aromatic carbocycles. The van der Waals surface area contributed by atoms with Gasteiger partial charge in [0.05, 0.1) is 18.1 Å². The average molecular weight is 376 g/mol. The van der Waals surface area contributed by atoms with Gasteiger partial charge in [0.1, 0.15) is 5.75 Å². The maximum atomic E-state index is 11.9. The van der Waals surface area contributed by atoms with E-state index in [9.17, 15) is 4.79 Å². The van der Waals surface area contributed by atoms with E-state index >= 15 is 0 Å². The monoisotopic (exact) mass is 375 g/mol. The number of piperidine rings is 1. The number of aromatic nitrogens is 2. The number of halogens is 1. The summed E-state index contributed by atoms with van der Waals surface area (Å²) in [5.41, 5.74) is 0.521. The van der Waals surface area contributed by atoms with Crippen molar-refractivity contribution in [1.29, 1.82) is 0 Å². The van der Waals surface area contributed by atoms with Crippen LogP contribution in [0.25, 0.3) is 0 Å². The van der Waals surface area contributed by atoms with Crippen molar-refractivity contribution in [2.75, 3.05) is 36.4 Å². The van der Waals surface area contributed by atoms with Crippen LogP contribution >= 0.6 is 12.4 Å². The van der Waals surface area contributed by atoms with Crippen LogP contribution in [-0.4, -0.2) is 53.2 Å². The van der Waals surface area contributed by atoms with Crippen LogP contribution in [0.15, 0.2) is 42.7 Å². The van der Waals surface area contributed by atoms with Crippen molar-refractivity contribution in [3.63, 3.8) is 0 Å². The molecule has 8 heteroatoms. The first-order chi connectivity index (χ1) is 12.3. The minimum Gasteiger partial charge on any atom is -0.410 e. The largest absolute Gasteiger partial charge is 0.417 e. The number of amides is 1. The summed E-state index contributed by atoms with van der Waals surface area (Å²) in [5, 5.41) is 2.65. The van der Waals surface area contributed by atoms with Gasteiger partial charge in [-0.25, -0.2) is 14.8 Å². The summed E-state index contributed by atoms with van der Waals surface area (Å²) in [4.78, 5) is 25.6. The molecule has 1 N–H and O–H groups in total. The summed E-state index contributed by atoms with van der Waals surface area (Å²) in [5.74, 6) is 1.23. The summed E-state index contributed by atoms with van der Waals surface area (Å²) in [6.07, 6.45) is 5.03. The van der Waals surface area contributed by atoms with E-state index in [2.05, 4.69) is 25.1 Å². The number of carbonyl (C=O) groups is 1. The molecule has 3 aliphatic rings. The number of para-hydroxylation sites is 1. The van der Waals surface area contributed by atoms with Crippen molar-refractivity contribution in [2.45, 2.75) is 18.9 Å². The molecule has 1 aromatic heterocycles. The Balaban J connectivity index is 0.00000196. The van der Waals surface area contributed by atoms with E-state index < -0.39 is 6.09 Å². The fraction of sp³-hybridized carbons (Fsp3) is 0.389. The fourth-order valence-corrected chi connectivity index (χ4v) is 3.42. The lowest BCUT2D eigenvalue weighted by Gasteiger charge is -2.31. The molecule has 26 heavy (non-hydrogen) atoms. The topological polar surface area (TPSA) is 70.6 Å². The molecule has 2 aromatic rings. The van der Waals surface area contributed by atoms with Crippen molar-refractivity contribution < 1.29 is 9.53 Å². The van der Waals surface area contributed by atoms with Crippen molar-refractivity contribution in [3.8, 4) is 5.75 Å². The second kappa shape index (κ2) is 8.33. The average Bonchev–Trinajstić information content (AvgIpc) is 2.97. The van der Waals surface area contributed by atoms with E-state index in [0.29, 0.717) is 17.5 Å². The minimum absolute atomic E-state index is 0. The van der Waals surface area contributed by atoms with Crippen LogP contribution in [0.5, 0.6) is 5.75 Å². The Morgan fingerprint density at radius 2 is 1.73 bits per heavy atom. The Labute approximate surface area is 158 Å². The number of anilines is 2. The molecule has 1 amide bonds. The van der Waals surface area contributed by atoms with Gasteiger partial charge in [-0.3, -0.25) is 5.32 Å². The molecule has 0 unspecified atom stereocenters. The van der Waals surface area contributed by atoms with Gasteiger partial charge in [-0.15, -0.1) is 12.4 Å². The smallest absolute Gasteiger partial charge is 0.410 e. The van der Waals surface area contributed by atoms with E-state index in [1.54, 1.807) is 24.5 Å². The summed E-state index contributed by atoms with van der Waals surface area (Å²) < 4.78 is 5.20. The zero-order valence-corrected chi connectivity index (χ0v) is 15.2. The number of hydrogen-bond donors (Lipinski definition) is 1. The zero-order valence-electron chi connectivity index (χ0n) is 14.4. The summed E-state index contributed by atoms with van der Waals surface area (Å²) in [7, 11) is 0. The first-order valence-corrected chi connectivity index (χ1v) is 8.63. The Kier molecular flexibility index (Phi) is 5.90. The summed E-state index contributed by atoms with van der Waals surface area (Å²) in [6.45, 7) is 4.33. The van der Waals surface area contributed by atoms with E-state index in [0.717, 1.165) is 45.0 Å². The third-order valence-corrected chi connectivity index (χ3v) is 4.75. The third-order valence-electron chi connectivity index (χ3n) is 4.75. The van der Waals surface area contributed by atoms with Gasteiger partial charge in [0, 0.05) is 32.2 Å². The molecule has 138 valence electrons. The minimum atomic E-state index is -0.552. The second-order valence-electron chi connectivity index (χ2n) is 6.37. The Morgan fingerprint density at radius 1 is 1.04 bits per heavy atom. The quantitative estimate of drug-likeness (QED) is 0.889. The normalized spacial score (nSPS) is 21.5. The van der Waals surface area contributed by atoms with Crippen molar-refractivity contribution >= 4 is 30.1 Å². The molecule has 4 heterocycles. The number of fused-ring (bicyclic) bond motifs is 4. The van der Waals surface area contributed by atoms with Gasteiger partial charge in [-0.1, -0.05) is 18.2 Å². The lowest BCUT2D eigenvalue weighted by molar-refractivity contribution is 0.215. The number of nitrogens with zero attached hydrogens (tertiary/aromatic N) is 4. The number of nitrogens with one attached hydrogen (secondary N) is 1. The molecule has 7 nitrogen and oxygen atoms in total. The summed E-state index contributed by atoms with van der Waals surface area (Å²) in [6, 6.07) is 9.45. The van der Waals surface area contributed by atoms with Crippen molar-refractivity contribution in [2.24, 2.45) is 0 Å². The van der Waals surface area contributed by atoms with Gasteiger partial charge in [-0.05, 0) is 25.0 Å². The van der Waals surface area contributed by atoms with Crippen molar-refractivity contribution in [1.82, 2.24) is 14.9 Å². The molecule has 3 aliphatic heterocycles. The van der Waals surface area contributed by atoms with E-state index in [4.69, 9.17) is 4.74 Å². The lowest BCUT2D eigenvalue weighted by atomic mass is 10.1. The van der Waals surface area contributed by atoms with Crippen LogP contribution in [0.4, 0.5) is 16.4 Å². The van der Waals surface area contributed by atoms with Crippen LogP contribution in [0.3, 0.4) is 0 Å². The predicted octanol–water partition coefficient (Wildman–Crippen LogP) is 2.79. The molecule has 3 saturated heterocycles. The van der Waals surface area contributed by atoms with Gasteiger partial charge in [0.25, 0.3) is 0 Å². The molecule has 2 bridgehead atoms. The number of carbonyl (C=O) groups excluding carboxylic acids is 1. The van der Waals surface area contributed by atoms with Gasteiger partial charge < -0.3 is 14.5 Å². The SMILES string of the molecule is Cl.O=C(Nc1cnc(N2CCN3CCC2CC3)nc1)Oc1ccccc1. The third kappa shape index (κ3) is 4.23. The highest BCUT2D eigenvalue weighted by atomic mass is 35.5. The number of rotatable bonds is 3. The van der Waals surface area contributed by atoms with Crippen LogP contribution < -0.4 is 15.0 Å². The van der Waals surface area contributed by atoms with E-state index in [1.165, 1.54) is 0 Å². The summed E-state index contributed by atoms with van der Waals surface area (Å²) >= 11 is 0. The van der Waals surface area contributed by atoms with Crippen molar-refractivity contribution in [3.05, 3.63) is 42.7 Å². The van der Waals surface area contributed by atoms with Gasteiger partial charge in [0.15, 0.2) is 0 Å². The Bertz CT molecular complexity index is 720. The van der Waals surface area contributed by atoms with Crippen LogP contribution in [0, 0.1) is 0 Å². The molecular weight excluding hydrogens is 354 g/mol. The first-order valence-electron chi connectivity index (χ1n) is 8.63. The first kappa shape index (κ1) is 18.4. The molecule has 0 aliphatic carbocycles. The highest BCUT2D eigenvalue weighted by molar-refractivity contribution is 5.86. The zero-order chi connectivity index (χ0) is 17.1. The molecule has 3 fully saturated rings. The highest BCUT2D eigenvalue weighted by Crippen LogP contribution is 2.24. The van der Waals surface area contributed by atoms with Gasteiger partial charge in [0.2, 0.25) is 5.95 Å². The van der Waals surface area contributed by atoms with Crippen LogP contribution in [0.2, 0.25) is 0 Å². The Morgan fingerprint density at radius 3 is 2.42 bits per heavy atom. The molecular formula is C18H22ClN5O2. The van der Waals surface area contributed by atoms with Gasteiger partial charge >= 0.3 is 6.09 Å². The highest BCUT2D eigenvalue weighted by Gasteiger charge is 2.30. The number of ether oxygens (including phenoxy) is 1. The van der Waals surface area contributed by atoms with Crippen LogP contribution in [0.1, 0.15) is 12.8 Å². The van der Waals surface area contributed by atoms with E-state index in [1.807, 2.05) is 18.2 Å². The maximum absolute atomic E-state index is 11.9.